The number of aliphatic hydroxyl groups excluding tert-OH is 1. The summed E-state index contributed by atoms with van der Waals surface area (Å²) >= 11 is 7.24. The summed E-state index contributed by atoms with van der Waals surface area (Å²) in [5.74, 6) is -0.272. The maximum absolute atomic E-state index is 11.2. The first kappa shape index (κ1) is 14.4. The van der Waals surface area contributed by atoms with Crippen LogP contribution in [0.5, 0.6) is 0 Å². The van der Waals surface area contributed by atoms with Crippen LogP contribution in [0.25, 0.3) is 0 Å². The molecule has 0 aliphatic rings. The lowest BCUT2D eigenvalue weighted by atomic mass is 10.1. The van der Waals surface area contributed by atoms with E-state index in [1.807, 2.05) is 30.5 Å². The van der Waals surface area contributed by atoms with Crippen LogP contribution in [0.15, 0.2) is 29.2 Å². The number of benzene rings is 1. The van der Waals surface area contributed by atoms with Gasteiger partial charge in [0.1, 0.15) is 5.38 Å². The SMILES string of the molecule is CSc1ccc(C(O)CNC(=O)C(C)Cl)cc1. The minimum atomic E-state index is -0.703. The van der Waals surface area contributed by atoms with Crippen LogP contribution in [0.3, 0.4) is 0 Å². The summed E-state index contributed by atoms with van der Waals surface area (Å²) in [5, 5.41) is 11.9. The predicted molar refractivity (Wildman–Crippen MR) is 71.5 cm³/mol. The Morgan fingerprint density at radius 3 is 2.53 bits per heavy atom. The van der Waals surface area contributed by atoms with Crippen LogP contribution in [0.2, 0.25) is 0 Å². The average molecular weight is 274 g/mol. The second-order valence-corrected chi connectivity index (χ2v) is 5.18. The van der Waals surface area contributed by atoms with Crippen molar-refractivity contribution >= 4 is 29.3 Å². The predicted octanol–water partition coefficient (Wildman–Crippen LogP) is 2.19. The van der Waals surface area contributed by atoms with Gasteiger partial charge in [-0.3, -0.25) is 4.79 Å². The topological polar surface area (TPSA) is 49.3 Å². The number of rotatable bonds is 5. The highest BCUT2D eigenvalue weighted by molar-refractivity contribution is 7.98. The van der Waals surface area contributed by atoms with Crippen molar-refractivity contribution in [2.75, 3.05) is 12.8 Å². The fourth-order valence-electron chi connectivity index (χ4n) is 1.28. The van der Waals surface area contributed by atoms with Gasteiger partial charge in [-0.25, -0.2) is 0 Å². The first-order valence-corrected chi connectivity index (χ1v) is 6.94. The van der Waals surface area contributed by atoms with Gasteiger partial charge in [-0.15, -0.1) is 23.4 Å². The summed E-state index contributed by atoms with van der Waals surface area (Å²) in [6.07, 6.45) is 1.29. The van der Waals surface area contributed by atoms with E-state index in [0.29, 0.717) is 0 Å². The van der Waals surface area contributed by atoms with Crippen molar-refractivity contribution in [1.82, 2.24) is 5.32 Å². The van der Waals surface area contributed by atoms with Crippen LogP contribution < -0.4 is 5.32 Å². The highest BCUT2D eigenvalue weighted by Crippen LogP contribution is 2.18. The number of hydrogen-bond donors (Lipinski definition) is 2. The third-order valence-electron chi connectivity index (χ3n) is 2.33. The van der Waals surface area contributed by atoms with Crippen molar-refractivity contribution in [2.24, 2.45) is 0 Å². The van der Waals surface area contributed by atoms with Gasteiger partial charge in [0.2, 0.25) is 5.91 Å². The van der Waals surface area contributed by atoms with Gasteiger partial charge in [-0.1, -0.05) is 12.1 Å². The molecule has 2 N–H and O–H groups in total. The summed E-state index contributed by atoms with van der Waals surface area (Å²) < 4.78 is 0. The molecule has 0 radical (unpaired) electrons. The second kappa shape index (κ2) is 6.89. The number of halogens is 1. The van der Waals surface area contributed by atoms with Gasteiger partial charge in [0.25, 0.3) is 0 Å². The standard InChI is InChI=1S/C12H16ClNO2S/c1-8(13)12(16)14-7-11(15)9-3-5-10(17-2)6-4-9/h3-6,8,11,15H,7H2,1-2H3,(H,14,16). The molecule has 2 atom stereocenters. The Morgan fingerprint density at radius 1 is 1.47 bits per heavy atom. The van der Waals surface area contributed by atoms with E-state index in [9.17, 15) is 9.90 Å². The third-order valence-corrected chi connectivity index (χ3v) is 3.27. The Balaban J connectivity index is 2.51. The molecule has 2 unspecified atom stereocenters. The zero-order chi connectivity index (χ0) is 12.8. The molecule has 0 saturated heterocycles. The fraction of sp³-hybridized carbons (Fsp3) is 0.417. The molecule has 0 bridgehead atoms. The molecule has 0 aliphatic carbocycles. The van der Waals surface area contributed by atoms with Crippen molar-refractivity contribution in [2.45, 2.75) is 23.3 Å². The normalized spacial score (nSPS) is 14.1. The van der Waals surface area contributed by atoms with E-state index in [1.54, 1.807) is 18.7 Å². The number of carbonyl (C=O) groups is 1. The third kappa shape index (κ3) is 4.58. The van der Waals surface area contributed by atoms with Gasteiger partial charge in [0.05, 0.1) is 6.10 Å². The molecule has 0 aromatic heterocycles. The maximum atomic E-state index is 11.2. The summed E-state index contributed by atoms with van der Waals surface area (Å²) in [5.41, 5.74) is 0.783. The molecule has 1 rings (SSSR count). The average Bonchev–Trinajstić information content (AvgIpc) is 2.35. The van der Waals surface area contributed by atoms with Crippen LogP contribution in [0.1, 0.15) is 18.6 Å². The summed E-state index contributed by atoms with van der Waals surface area (Å²) in [6, 6.07) is 7.59. The quantitative estimate of drug-likeness (QED) is 0.639. The highest BCUT2D eigenvalue weighted by atomic mass is 35.5. The van der Waals surface area contributed by atoms with Gasteiger partial charge in [-0.05, 0) is 30.9 Å². The monoisotopic (exact) mass is 273 g/mol. The van der Waals surface area contributed by atoms with Gasteiger partial charge in [0, 0.05) is 11.4 Å². The van der Waals surface area contributed by atoms with Crippen LogP contribution in [-0.2, 0) is 4.79 Å². The number of hydrogen-bond acceptors (Lipinski definition) is 3. The van der Waals surface area contributed by atoms with Crippen molar-refractivity contribution < 1.29 is 9.90 Å². The highest BCUT2D eigenvalue weighted by Gasteiger charge is 2.12. The molecular weight excluding hydrogens is 258 g/mol. The Bertz CT molecular complexity index is 367. The molecule has 3 nitrogen and oxygen atoms in total. The summed E-state index contributed by atoms with van der Waals surface area (Å²) in [4.78, 5) is 12.4. The van der Waals surface area contributed by atoms with Crippen molar-refractivity contribution in [1.29, 1.82) is 0 Å². The zero-order valence-electron chi connectivity index (χ0n) is 9.81. The second-order valence-electron chi connectivity index (χ2n) is 3.65. The Labute approximate surface area is 111 Å². The molecular formula is C12H16ClNO2S. The minimum absolute atomic E-state index is 0.175. The Morgan fingerprint density at radius 2 is 2.06 bits per heavy atom. The van der Waals surface area contributed by atoms with E-state index in [0.717, 1.165) is 10.5 Å². The maximum Gasteiger partial charge on any atom is 0.237 e. The first-order chi connectivity index (χ1) is 8.04. The molecule has 0 aliphatic heterocycles. The zero-order valence-corrected chi connectivity index (χ0v) is 11.4. The van der Waals surface area contributed by atoms with Crippen molar-refractivity contribution in [3.8, 4) is 0 Å². The molecule has 1 amide bonds. The number of aliphatic hydroxyl groups is 1. The number of thioether (sulfide) groups is 1. The van der Waals surface area contributed by atoms with Crippen LogP contribution in [-0.4, -0.2) is 29.2 Å². The van der Waals surface area contributed by atoms with Crippen LogP contribution in [0, 0.1) is 0 Å². The van der Waals surface area contributed by atoms with Crippen LogP contribution >= 0.6 is 23.4 Å². The molecule has 1 aromatic carbocycles. The molecule has 0 heterocycles. The van der Waals surface area contributed by atoms with E-state index < -0.39 is 11.5 Å². The Hall–Kier alpha value is -0.710. The fourth-order valence-corrected chi connectivity index (χ4v) is 1.77. The van der Waals surface area contributed by atoms with E-state index in [1.165, 1.54) is 0 Å². The minimum Gasteiger partial charge on any atom is -0.387 e. The molecule has 94 valence electrons. The molecule has 17 heavy (non-hydrogen) atoms. The largest absolute Gasteiger partial charge is 0.387 e. The number of amides is 1. The van der Waals surface area contributed by atoms with E-state index in [4.69, 9.17) is 11.6 Å². The first-order valence-electron chi connectivity index (χ1n) is 5.28. The molecule has 0 spiro atoms. The summed E-state index contributed by atoms with van der Waals surface area (Å²) in [6.45, 7) is 1.77. The van der Waals surface area contributed by atoms with Crippen LogP contribution in [0.4, 0.5) is 0 Å². The molecule has 5 heteroatoms. The van der Waals surface area contributed by atoms with Crippen molar-refractivity contribution in [3.05, 3.63) is 29.8 Å². The number of nitrogens with one attached hydrogen (secondary N) is 1. The molecule has 1 aromatic rings. The lowest BCUT2D eigenvalue weighted by molar-refractivity contribution is -0.120. The van der Waals surface area contributed by atoms with Gasteiger partial charge in [0.15, 0.2) is 0 Å². The van der Waals surface area contributed by atoms with Gasteiger partial charge < -0.3 is 10.4 Å². The smallest absolute Gasteiger partial charge is 0.237 e. The lowest BCUT2D eigenvalue weighted by Gasteiger charge is -2.13. The van der Waals surface area contributed by atoms with E-state index in [-0.39, 0.29) is 12.5 Å². The van der Waals surface area contributed by atoms with E-state index in [2.05, 4.69) is 5.32 Å². The molecule has 0 saturated carbocycles. The molecule has 0 fully saturated rings. The van der Waals surface area contributed by atoms with E-state index >= 15 is 0 Å². The van der Waals surface area contributed by atoms with Crippen molar-refractivity contribution in [3.63, 3.8) is 0 Å². The lowest BCUT2D eigenvalue weighted by Crippen LogP contribution is -2.33. The van der Waals surface area contributed by atoms with Gasteiger partial charge in [-0.2, -0.15) is 0 Å². The number of carbonyl (C=O) groups excluding carboxylic acids is 1. The van der Waals surface area contributed by atoms with Gasteiger partial charge >= 0.3 is 0 Å². The number of alkyl halides is 1. The summed E-state index contributed by atoms with van der Waals surface area (Å²) in [7, 11) is 0. The Kier molecular flexibility index (Phi) is 5.82.